The Morgan fingerprint density at radius 3 is 2.55 bits per heavy atom. The standard InChI is InChI=1S/C18H20FNO2/c1-13-5-3-4-6-17(13)22-14(2)18(21)20-12-11-15-7-9-16(19)10-8-15/h3-10,14H,11-12H2,1-2H3,(H,20,21)/t14-/m1/s1. The van der Waals surface area contributed by atoms with Crippen LogP contribution in [0.4, 0.5) is 4.39 Å². The lowest BCUT2D eigenvalue weighted by atomic mass is 10.1. The van der Waals surface area contributed by atoms with Crippen molar-refractivity contribution in [2.45, 2.75) is 26.4 Å². The predicted molar refractivity (Wildman–Crippen MR) is 84.4 cm³/mol. The molecule has 0 aromatic heterocycles. The molecule has 4 heteroatoms. The van der Waals surface area contributed by atoms with Gasteiger partial charge in [0.25, 0.3) is 5.91 Å². The second kappa shape index (κ2) is 7.59. The van der Waals surface area contributed by atoms with Crippen molar-refractivity contribution in [2.75, 3.05) is 6.54 Å². The molecule has 1 N–H and O–H groups in total. The molecule has 0 bridgehead atoms. The van der Waals surface area contributed by atoms with Gasteiger partial charge in [0.15, 0.2) is 6.10 Å². The Kier molecular flexibility index (Phi) is 5.53. The molecule has 0 saturated heterocycles. The second-order valence-corrected chi connectivity index (χ2v) is 5.19. The average Bonchev–Trinajstić information content (AvgIpc) is 2.51. The average molecular weight is 301 g/mol. The Hall–Kier alpha value is -2.36. The molecule has 1 atom stereocenters. The Balaban J connectivity index is 1.79. The van der Waals surface area contributed by atoms with Crippen LogP contribution < -0.4 is 10.1 Å². The molecule has 0 radical (unpaired) electrons. The number of amides is 1. The summed E-state index contributed by atoms with van der Waals surface area (Å²) in [7, 11) is 0. The smallest absolute Gasteiger partial charge is 0.260 e. The van der Waals surface area contributed by atoms with Crippen LogP contribution >= 0.6 is 0 Å². The Bertz CT molecular complexity index is 625. The summed E-state index contributed by atoms with van der Waals surface area (Å²) in [5.74, 6) is 0.294. The van der Waals surface area contributed by atoms with Crippen LogP contribution in [0, 0.1) is 12.7 Å². The quantitative estimate of drug-likeness (QED) is 0.889. The first-order valence-corrected chi connectivity index (χ1v) is 7.30. The summed E-state index contributed by atoms with van der Waals surface area (Å²) < 4.78 is 18.5. The molecule has 0 aliphatic rings. The fraction of sp³-hybridized carbons (Fsp3) is 0.278. The molecule has 0 unspecified atom stereocenters. The van der Waals surface area contributed by atoms with Gasteiger partial charge < -0.3 is 10.1 Å². The van der Waals surface area contributed by atoms with E-state index in [1.807, 2.05) is 31.2 Å². The van der Waals surface area contributed by atoms with Gasteiger partial charge in [0.1, 0.15) is 11.6 Å². The fourth-order valence-corrected chi connectivity index (χ4v) is 2.06. The van der Waals surface area contributed by atoms with Crippen LogP contribution in [0.2, 0.25) is 0 Å². The number of ether oxygens (including phenoxy) is 1. The van der Waals surface area contributed by atoms with Gasteiger partial charge in [-0.3, -0.25) is 4.79 Å². The summed E-state index contributed by atoms with van der Waals surface area (Å²) in [6.07, 6.45) is 0.0950. The summed E-state index contributed by atoms with van der Waals surface area (Å²) >= 11 is 0. The van der Waals surface area contributed by atoms with Gasteiger partial charge in [-0.05, 0) is 49.6 Å². The van der Waals surface area contributed by atoms with Crippen molar-refractivity contribution in [3.63, 3.8) is 0 Å². The van der Waals surface area contributed by atoms with E-state index in [0.29, 0.717) is 18.7 Å². The third-order valence-electron chi connectivity index (χ3n) is 3.39. The molecule has 1 amide bonds. The van der Waals surface area contributed by atoms with E-state index < -0.39 is 6.10 Å². The zero-order valence-electron chi connectivity index (χ0n) is 12.8. The number of hydrogen-bond acceptors (Lipinski definition) is 2. The largest absolute Gasteiger partial charge is 0.481 e. The summed E-state index contributed by atoms with van der Waals surface area (Å²) in [6.45, 7) is 4.15. The van der Waals surface area contributed by atoms with Crippen LogP contribution in [0.15, 0.2) is 48.5 Å². The zero-order valence-corrected chi connectivity index (χ0v) is 12.8. The molecule has 2 rings (SSSR count). The normalized spacial score (nSPS) is 11.8. The highest BCUT2D eigenvalue weighted by atomic mass is 19.1. The van der Waals surface area contributed by atoms with Gasteiger partial charge in [-0.1, -0.05) is 30.3 Å². The summed E-state index contributed by atoms with van der Waals surface area (Å²) in [6, 6.07) is 13.9. The van der Waals surface area contributed by atoms with E-state index in [4.69, 9.17) is 4.74 Å². The van der Waals surface area contributed by atoms with Crippen molar-refractivity contribution < 1.29 is 13.9 Å². The van der Waals surface area contributed by atoms with Gasteiger partial charge in [0, 0.05) is 6.54 Å². The molecule has 0 heterocycles. The Morgan fingerprint density at radius 2 is 1.86 bits per heavy atom. The number of carbonyl (C=O) groups excluding carboxylic acids is 1. The van der Waals surface area contributed by atoms with Crippen LogP contribution in [0.25, 0.3) is 0 Å². The van der Waals surface area contributed by atoms with Gasteiger partial charge in [0.2, 0.25) is 0 Å². The molecule has 22 heavy (non-hydrogen) atoms. The highest BCUT2D eigenvalue weighted by Gasteiger charge is 2.14. The number of nitrogens with one attached hydrogen (secondary N) is 1. The number of carbonyl (C=O) groups is 1. The lowest BCUT2D eigenvalue weighted by Crippen LogP contribution is -2.37. The predicted octanol–water partition coefficient (Wildman–Crippen LogP) is 3.26. The number of aryl methyl sites for hydroxylation is 1. The van der Waals surface area contributed by atoms with Gasteiger partial charge in [-0.25, -0.2) is 4.39 Å². The molecule has 2 aromatic carbocycles. The summed E-state index contributed by atoms with van der Waals surface area (Å²) in [5.41, 5.74) is 1.97. The van der Waals surface area contributed by atoms with Crippen LogP contribution in [-0.2, 0) is 11.2 Å². The zero-order chi connectivity index (χ0) is 15.9. The molecule has 0 saturated carbocycles. The van der Waals surface area contributed by atoms with Crippen LogP contribution in [-0.4, -0.2) is 18.6 Å². The molecule has 2 aromatic rings. The van der Waals surface area contributed by atoms with Gasteiger partial charge in [-0.2, -0.15) is 0 Å². The van der Waals surface area contributed by atoms with Crippen LogP contribution in [0.1, 0.15) is 18.1 Å². The van der Waals surface area contributed by atoms with E-state index in [9.17, 15) is 9.18 Å². The second-order valence-electron chi connectivity index (χ2n) is 5.19. The number of para-hydroxylation sites is 1. The first kappa shape index (κ1) is 16.0. The topological polar surface area (TPSA) is 38.3 Å². The van der Waals surface area contributed by atoms with Gasteiger partial charge in [0.05, 0.1) is 0 Å². The molecule has 116 valence electrons. The van der Waals surface area contributed by atoms with E-state index in [0.717, 1.165) is 11.1 Å². The fourth-order valence-electron chi connectivity index (χ4n) is 2.06. The highest BCUT2D eigenvalue weighted by molar-refractivity contribution is 5.80. The number of rotatable bonds is 6. The number of hydrogen-bond donors (Lipinski definition) is 1. The molecular formula is C18H20FNO2. The van der Waals surface area contributed by atoms with Crippen molar-refractivity contribution >= 4 is 5.91 Å². The molecular weight excluding hydrogens is 281 g/mol. The van der Waals surface area contributed by atoms with Crippen molar-refractivity contribution in [1.29, 1.82) is 0 Å². The summed E-state index contributed by atoms with van der Waals surface area (Å²) in [5, 5.41) is 2.83. The molecule has 0 spiro atoms. The monoisotopic (exact) mass is 301 g/mol. The van der Waals surface area contributed by atoms with E-state index >= 15 is 0 Å². The minimum Gasteiger partial charge on any atom is -0.481 e. The first-order chi connectivity index (χ1) is 10.6. The first-order valence-electron chi connectivity index (χ1n) is 7.30. The maximum absolute atomic E-state index is 12.8. The SMILES string of the molecule is Cc1ccccc1O[C@H](C)C(=O)NCCc1ccc(F)cc1. The maximum Gasteiger partial charge on any atom is 0.260 e. The van der Waals surface area contributed by atoms with Crippen molar-refractivity contribution in [1.82, 2.24) is 5.32 Å². The number of halogens is 1. The summed E-state index contributed by atoms with van der Waals surface area (Å²) in [4.78, 5) is 12.0. The van der Waals surface area contributed by atoms with E-state index in [2.05, 4.69) is 5.32 Å². The van der Waals surface area contributed by atoms with Crippen molar-refractivity contribution in [2.24, 2.45) is 0 Å². The minimum absolute atomic E-state index is 0.162. The van der Waals surface area contributed by atoms with Crippen molar-refractivity contribution in [3.8, 4) is 5.75 Å². The van der Waals surface area contributed by atoms with Gasteiger partial charge >= 0.3 is 0 Å². The molecule has 3 nitrogen and oxygen atoms in total. The van der Waals surface area contributed by atoms with Crippen molar-refractivity contribution in [3.05, 3.63) is 65.5 Å². The third kappa shape index (κ3) is 4.58. The Morgan fingerprint density at radius 1 is 1.18 bits per heavy atom. The van der Waals surface area contributed by atoms with E-state index in [1.165, 1.54) is 12.1 Å². The van der Waals surface area contributed by atoms with Gasteiger partial charge in [-0.15, -0.1) is 0 Å². The van der Waals surface area contributed by atoms with Crippen LogP contribution in [0.5, 0.6) is 5.75 Å². The lowest BCUT2D eigenvalue weighted by molar-refractivity contribution is -0.127. The molecule has 0 aliphatic heterocycles. The number of benzene rings is 2. The minimum atomic E-state index is -0.561. The van der Waals surface area contributed by atoms with E-state index in [1.54, 1.807) is 19.1 Å². The lowest BCUT2D eigenvalue weighted by Gasteiger charge is -2.16. The Labute approximate surface area is 130 Å². The highest BCUT2D eigenvalue weighted by Crippen LogP contribution is 2.17. The molecule has 0 fully saturated rings. The van der Waals surface area contributed by atoms with E-state index in [-0.39, 0.29) is 11.7 Å². The van der Waals surface area contributed by atoms with Crippen LogP contribution in [0.3, 0.4) is 0 Å². The molecule has 0 aliphatic carbocycles. The maximum atomic E-state index is 12.8. The third-order valence-corrected chi connectivity index (χ3v) is 3.39.